The third kappa shape index (κ3) is 4.70. The lowest BCUT2D eigenvalue weighted by Gasteiger charge is -2.33. The van der Waals surface area contributed by atoms with Gasteiger partial charge in [0.05, 0.1) is 11.9 Å². The molecular formula is C16H23BrN2O3S. The molecule has 0 aliphatic carbocycles. The highest BCUT2D eigenvalue weighted by atomic mass is 79.9. The molecule has 0 saturated carbocycles. The van der Waals surface area contributed by atoms with Gasteiger partial charge in [0.1, 0.15) is 6.54 Å². The quantitative estimate of drug-likeness (QED) is 0.777. The lowest BCUT2D eigenvalue weighted by atomic mass is 10.0. The van der Waals surface area contributed by atoms with Crippen molar-refractivity contribution in [2.45, 2.75) is 26.7 Å². The number of hydrogen-bond acceptors (Lipinski definition) is 3. The minimum atomic E-state index is -3.52. The summed E-state index contributed by atoms with van der Waals surface area (Å²) in [6.45, 7) is 5.27. The molecule has 1 aromatic carbocycles. The van der Waals surface area contributed by atoms with Gasteiger partial charge in [-0.1, -0.05) is 22.9 Å². The van der Waals surface area contributed by atoms with Crippen LogP contribution in [0.25, 0.3) is 0 Å². The molecule has 7 heteroatoms. The van der Waals surface area contributed by atoms with Gasteiger partial charge < -0.3 is 4.90 Å². The van der Waals surface area contributed by atoms with Crippen LogP contribution in [0.2, 0.25) is 0 Å². The molecule has 1 heterocycles. The molecule has 2 rings (SSSR count). The zero-order chi connectivity index (χ0) is 17.2. The molecule has 5 nitrogen and oxygen atoms in total. The van der Waals surface area contributed by atoms with Crippen molar-refractivity contribution in [2.75, 3.05) is 30.2 Å². The molecule has 0 bridgehead atoms. The first-order chi connectivity index (χ1) is 10.7. The number of likely N-dealkylation sites (tertiary alicyclic amines) is 1. The predicted octanol–water partition coefficient (Wildman–Crippen LogP) is 2.78. The van der Waals surface area contributed by atoms with Gasteiger partial charge in [0.15, 0.2) is 0 Å². The summed E-state index contributed by atoms with van der Waals surface area (Å²) >= 11 is 3.41. The smallest absolute Gasteiger partial charge is 0.243 e. The number of sulfonamides is 1. The number of hydrogen-bond donors (Lipinski definition) is 0. The van der Waals surface area contributed by atoms with E-state index in [0.29, 0.717) is 24.7 Å². The van der Waals surface area contributed by atoms with Gasteiger partial charge in [-0.25, -0.2) is 8.42 Å². The second kappa shape index (κ2) is 7.21. The number of carbonyl (C=O) groups is 1. The molecule has 1 saturated heterocycles. The Labute approximate surface area is 146 Å². The lowest BCUT2D eigenvalue weighted by Crippen LogP contribution is -2.46. The van der Waals surface area contributed by atoms with E-state index >= 15 is 0 Å². The van der Waals surface area contributed by atoms with Crippen LogP contribution in [-0.4, -0.2) is 45.1 Å². The molecule has 1 amide bonds. The summed E-state index contributed by atoms with van der Waals surface area (Å²) in [5, 5.41) is 0. The first-order valence-electron chi connectivity index (χ1n) is 7.70. The third-order valence-corrected chi connectivity index (χ3v) is 6.15. The Morgan fingerprint density at radius 2 is 2.13 bits per heavy atom. The van der Waals surface area contributed by atoms with Crippen molar-refractivity contribution >= 4 is 37.5 Å². The molecular weight excluding hydrogens is 380 g/mol. The van der Waals surface area contributed by atoms with E-state index in [-0.39, 0.29) is 12.5 Å². The second-order valence-electron chi connectivity index (χ2n) is 6.29. The van der Waals surface area contributed by atoms with Crippen molar-refractivity contribution in [2.24, 2.45) is 5.92 Å². The minimum absolute atomic E-state index is 0.137. The summed E-state index contributed by atoms with van der Waals surface area (Å²) in [6.07, 6.45) is 3.23. The largest absolute Gasteiger partial charge is 0.341 e. The Bertz CT molecular complexity index is 691. The summed E-state index contributed by atoms with van der Waals surface area (Å²) in [7, 11) is -3.52. The zero-order valence-corrected chi connectivity index (χ0v) is 16.2. The summed E-state index contributed by atoms with van der Waals surface area (Å²) in [4.78, 5) is 14.3. The lowest BCUT2D eigenvalue weighted by molar-refractivity contribution is -0.131. The predicted molar refractivity (Wildman–Crippen MR) is 96.0 cm³/mol. The van der Waals surface area contributed by atoms with Crippen LogP contribution in [0.4, 0.5) is 5.69 Å². The molecule has 1 aliphatic rings. The zero-order valence-electron chi connectivity index (χ0n) is 13.8. The van der Waals surface area contributed by atoms with Gasteiger partial charge in [-0.3, -0.25) is 9.10 Å². The van der Waals surface area contributed by atoms with E-state index in [2.05, 4.69) is 22.9 Å². The maximum Gasteiger partial charge on any atom is 0.243 e. The number of piperidine rings is 1. The van der Waals surface area contributed by atoms with Crippen molar-refractivity contribution in [3.63, 3.8) is 0 Å². The van der Waals surface area contributed by atoms with Crippen molar-refractivity contribution < 1.29 is 13.2 Å². The number of nitrogens with zero attached hydrogens (tertiary/aromatic N) is 2. The van der Waals surface area contributed by atoms with Crippen molar-refractivity contribution in [1.82, 2.24) is 4.90 Å². The van der Waals surface area contributed by atoms with Crippen LogP contribution < -0.4 is 4.31 Å². The molecule has 1 aliphatic heterocycles. The third-order valence-electron chi connectivity index (χ3n) is 4.12. The fraction of sp³-hybridized carbons (Fsp3) is 0.562. The molecule has 0 unspecified atom stereocenters. The van der Waals surface area contributed by atoms with Gasteiger partial charge in [0.25, 0.3) is 0 Å². The van der Waals surface area contributed by atoms with Gasteiger partial charge in [-0.05, 0) is 49.4 Å². The molecule has 0 spiro atoms. The number of halogens is 1. The van der Waals surface area contributed by atoms with Crippen LogP contribution >= 0.6 is 15.9 Å². The maximum absolute atomic E-state index is 12.5. The molecule has 0 aromatic heterocycles. The molecule has 23 heavy (non-hydrogen) atoms. The van der Waals surface area contributed by atoms with Crippen LogP contribution in [0.3, 0.4) is 0 Å². The monoisotopic (exact) mass is 402 g/mol. The SMILES string of the molecule is Cc1cc(N(CC(=O)N2CCC[C@H](C)C2)S(C)(=O)=O)ccc1Br. The van der Waals surface area contributed by atoms with Crippen LogP contribution in [0.5, 0.6) is 0 Å². The summed E-state index contributed by atoms with van der Waals surface area (Å²) in [5.74, 6) is 0.330. The maximum atomic E-state index is 12.5. The van der Waals surface area contributed by atoms with Gasteiger partial charge in [0, 0.05) is 17.6 Å². The molecule has 1 aromatic rings. The number of rotatable bonds is 4. The van der Waals surface area contributed by atoms with E-state index in [1.807, 2.05) is 6.92 Å². The average molecular weight is 403 g/mol. The Hall–Kier alpha value is -1.08. The highest BCUT2D eigenvalue weighted by Crippen LogP contribution is 2.25. The standard InChI is InChI=1S/C16H23BrN2O3S/c1-12-5-4-8-18(10-12)16(20)11-19(23(3,21)22)14-6-7-15(17)13(2)9-14/h6-7,9,12H,4-5,8,10-11H2,1-3H3/t12-/m0/s1. The Kier molecular flexibility index (Phi) is 5.73. The topological polar surface area (TPSA) is 57.7 Å². The van der Waals surface area contributed by atoms with Crippen LogP contribution in [0, 0.1) is 12.8 Å². The number of anilines is 1. The van der Waals surface area contributed by atoms with E-state index in [4.69, 9.17) is 0 Å². The average Bonchev–Trinajstić information content (AvgIpc) is 2.46. The van der Waals surface area contributed by atoms with E-state index < -0.39 is 10.0 Å². The van der Waals surface area contributed by atoms with E-state index in [9.17, 15) is 13.2 Å². The molecule has 1 atom stereocenters. The van der Waals surface area contributed by atoms with Crippen LogP contribution in [-0.2, 0) is 14.8 Å². The minimum Gasteiger partial charge on any atom is -0.341 e. The van der Waals surface area contributed by atoms with Crippen LogP contribution in [0.1, 0.15) is 25.3 Å². The van der Waals surface area contributed by atoms with Gasteiger partial charge in [0.2, 0.25) is 15.9 Å². The Morgan fingerprint density at radius 3 is 2.70 bits per heavy atom. The first-order valence-corrected chi connectivity index (χ1v) is 10.3. The number of aryl methyl sites for hydroxylation is 1. The van der Waals surface area contributed by atoms with Crippen molar-refractivity contribution in [3.05, 3.63) is 28.2 Å². The molecule has 0 radical (unpaired) electrons. The van der Waals surface area contributed by atoms with Gasteiger partial charge in [-0.15, -0.1) is 0 Å². The molecule has 128 valence electrons. The summed E-state index contributed by atoms with van der Waals surface area (Å²) in [5.41, 5.74) is 1.45. The second-order valence-corrected chi connectivity index (χ2v) is 9.05. The highest BCUT2D eigenvalue weighted by Gasteiger charge is 2.26. The normalized spacial score (nSPS) is 18.8. The molecule has 1 fully saturated rings. The number of benzene rings is 1. The number of amides is 1. The Morgan fingerprint density at radius 1 is 1.43 bits per heavy atom. The van der Waals surface area contributed by atoms with E-state index in [1.54, 1.807) is 23.1 Å². The fourth-order valence-electron chi connectivity index (χ4n) is 2.82. The van der Waals surface area contributed by atoms with Crippen LogP contribution in [0.15, 0.2) is 22.7 Å². The van der Waals surface area contributed by atoms with Gasteiger partial charge in [-0.2, -0.15) is 0 Å². The fourth-order valence-corrected chi connectivity index (χ4v) is 3.91. The van der Waals surface area contributed by atoms with E-state index in [1.165, 1.54) is 4.31 Å². The van der Waals surface area contributed by atoms with Gasteiger partial charge >= 0.3 is 0 Å². The summed E-state index contributed by atoms with van der Waals surface area (Å²) in [6, 6.07) is 5.29. The van der Waals surface area contributed by atoms with Crippen molar-refractivity contribution in [3.8, 4) is 0 Å². The Balaban J connectivity index is 2.22. The van der Waals surface area contributed by atoms with Crippen molar-refractivity contribution in [1.29, 1.82) is 0 Å². The first kappa shape index (κ1) is 18.3. The highest BCUT2D eigenvalue weighted by molar-refractivity contribution is 9.10. The number of carbonyl (C=O) groups excluding carboxylic acids is 1. The summed E-state index contributed by atoms with van der Waals surface area (Å²) < 4.78 is 26.4. The molecule has 0 N–H and O–H groups in total. The van der Waals surface area contributed by atoms with E-state index in [0.717, 1.165) is 29.1 Å².